The van der Waals surface area contributed by atoms with Gasteiger partial charge in [-0.05, 0) is 49.2 Å². The van der Waals surface area contributed by atoms with E-state index in [4.69, 9.17) is 14.2 Å². The fourth-order valence-electron chi connectivity index (χ4n) is 3.59. The summed E-state index contributed by atoms with van der Waals surface area (Å²) in [5.74, 6) is 2.38. The molecule has 0 amide bonds. The number of phenolic OH excluding ortho intramolecular Hbond substituents is 1. The zero-order valence-electron chi connectivity index (χ0n) is 15.2. The molecule has 0 spiro atoms. The lowest BCUT2D eigenvalue weighted by molar-refractivity contribution is 0.223. The average Bonchev–Trinajstić information content (AvgIpc) is 2.63. The van der Waals surface area contributed by atoms with Gasteiger partial charge in [0.2, 0.25) is 5.75 Å². The van der Waals surface area contributed by atoms with E-state index in [2.05, 4.69) is 18.0 Å². The van der Waals surface area contributed by atoms with E-state index in [0.29, 0.717) is 11.5 Å². The number of likely N-dealkylation sites (N-methyl/N-ethyl adjacent to an activating group) is 1. The van der Waals surface area contributed by atoms with Crippen LogP contribution in [-0.4, -0.2) is 44.9 Å². The molecule has 1 aliphatic heterocycles. The van der Waals surface area contributed by atoms with Gasteiger partial charge in [0.25, 0.3) is 0 Å². The number of ether oxygens (including phenoxy) is 3. The Balaban J connectivity index is 2.06. The molecular formula is C20H25NO4. The predicted molar refractivity (Wildman–Crippen MR) is 97.0 cm³/mol. The monoisotopic (exact) mass is 343 g/mol. The van der Waals surface area contributed by atoms with E-state index in [1.165, 1.54) is 16.7 Å². The Hall–Kier alpha value is -2.40. The fourth-order valence-corrected chi connectivity index (χ4v) is 3.59. The second kappa shape index (κ2) is 7.23. The van der Waals surface area contributed by atoms with Crippen molar-refractivity contribution in [3.05, 3.63) is 47.0 Å². The largest absolute Gasteiger partial charge is 0.508 e. The van der Waals surface area contributed by atoms with Crippen LogP contribution in [0.3, 0.4) is 0 Å². The Bertz CT molecular complexity index is 742. The smallest absolute Gasteiger partial charge is 0.203 e. The summed E-state index contributed by atoms with van der Waals surface area (Å²) in [5, 5.41) is 9.51. The van der Waals surface area contributed by atoms with Crippen LogP contribution in [0.4, 0.5) is 0 Å². The summed E-state index contributed by atoms with van der Waals surface area (Å²) in [6.07, 6.45) is 1.75. The van der Waals surface area contributed by atoms with Crippen LogP contribution in [0.1, 0.15) is 22.7 Å². The van der Waals surface area contributed by atoms with E-state index in [1.54, 1.807) is 33.5 Å². The van der Waals surface area contributed by atoms with Crippen molar-refractivity contribution in [1.82, 2.24) is 4.90 Å². The molecule has 2 aromatic carbocycles. The summed E-state index contributed by atoms with van der Waals surface area (Å²) < 4.78 is 16.7. The minimum atomic E-state index is 0.210. The number of fused-ring (bicyclic) bond motifs is 1. The van der Waals surface area contributed by atoms with Gasteiger partial charge in [-0.2, -0.15) is 0 Å². The molecule has 0 fully saturated rings. The maximum Gasteiger partial charge on any atom is 0.203 e. The molecule has 134 valence electrons. The Morgan fingerprint density at radius 2 is 1.72 bits per heavy atom. The molecule has 1 aliphatic rings. The highest BCUT2D eigenvalue weighted by atomic mass is 16.5. The van der Waals surface area contributed by atoms with Crippen molar-refractivity contribution < 1.29 is 19.3 Å². The molecule has 0 saturated heterocycles. The highest BCUT2D eigenvalue weighted by Gasteiger charge is 2.31. The number of rotatable bonds is 5. The van der Waals surface area contributed by atoms with Gasteiger partial charge in [-0.25, -0.2) is 0 Å². The van der Waals surface area contributed by atoms with E-state index >= 15 is 0 Å². The van der Waals surface area contributed by atoms with E-state index in [1.807, 2.05) is 12.1 Å². The van der Waals surface area contributed by atoms with Gasteiger partial charge in [-0.15, -0.1) is 0 Å². The van der Waals surface area contributed by atoms with Crippen molar-refractivity contribution in [2.24, 2.45) is 0 Å². The first-order chi connectivity index (χ1) is 12.1. The zero-order valence-corrected chi connectivity index (χ0v) is 15.2. The quantitative estimate of drug-likeness (QED) is 0.904. The first-order valence-electron chi connectivity index (χ1n) is 8.39. The SMILES string of the molecule is COc1cc2c(c(OC)c1OC)CCN(C)C2Cc1ccc(O)cc1. The molecule has 1 N–H and O–H groups in total. The first-order valence-corrected chi connectivity index (χ1v) is 8.39. The lowest BCUT2D eigenvalue weighted by Crippen LogP contribution is -2.33. The zero-order chi connectivity index (χ0) is 18.0. The molecule has 5 heteroatoms. The summed E-state index contributed by atoms with van der Waals surface area (Å²) in [6, 6.07) is 9.67. The van der Waals surface area contributed by atoms with Crippen LogP contribution < -0.4 is 14.2 Å². The molecule has 1 unspecified atom stereocenters. The van der Waals surface area contributed by atoms with Gasteiger partial charge < -0.3 is 19.3 Å². The number of hydrogen-bond donors (Lipinski definition) is 1. The predicted octanol–water partition coefficient (Wildman–Crippen LogP) is 3.19. The van der Waals surface area contributed by atoms with Crippen molar-refractivity contribution in [2.75, 3.05) is 34.9 Å². The number of nitrogens with zero attached hydrogens (tertiary/aromatic N) is 1. The molecule has 1 heterocycles. The van der Waals surface area contributed by atoms with E-state index in [-0.39, 0.29) is 11.8 Å². The molecular weight excluding hydrogens is 318 g/mol. The topological polar surface area (TPSA) is 51.2 Å². The van der Waals surface area contributed by atoms with Gasteiger partial charge in [0, 0.05) is 18.2 Å². The number of aromatic hydroxyl groups is 1. The molecule has 2 aromatic rings. The summed E-state index contributed by atoms with van der Waals surface area (Å²) in [7, 11) is 7.09. The molecule has 0 aliphatic carbocycles. The molecule has 0 aromatic heterocycles. The lowest BCUT2D eigenvalue weighted by atomic mass is 9.88. The number of hydrogen-bond acceptors (Lipinski definition) is 5. The molecule has 1 atom stereocenters. The fraction of sp³-hybridized carbons (Fsp3) is 0.400. The van der Waals surface area contributed by atoms with Gasteiger partial charge in [0.15, 0.2) is 11.5 Å². The maximum atomic E-state index is 9.51. The van der Waals surface area contributed by atoms with Crippen molar-refractivity contribution in [1.29, 1.82) is 0 Å². The summed E-state index contributed by atoms with van der Waals surface area (Å²) >= 11 is 0. The third kappa shape index (κ3) is 3.24. The number of benzene rings is 2. The van der Waals surface area contributed by atoms with Gasteiger partial charge in [-0.3, -0.25) is 4.90 Å². The second-order valence-corrected chi connectivity index (χ2v) is 6.33. The van der Waals surface area contributed by atoms with Crippen LogP contribution >= 0.6 is 0 Å². The third-order valence-electron chi connectivity index (χ3n) is 4.94. The van der Waals surface area contributed by atoms with Crippen LogP contribution in [0.25, 0.3) is 0 Å². The third-order valence-corrected chi connectivity index (χ3v) is 4.94. The Morgan fingerprint density at radius 1 is 1.04 bits per heavy atom. The summed E-state index contributed by atoms with van der Waals surface area (Å²) in [6.45, 7) is 0.946. The Morgan fingerprint density at radius 3 is 2.32 bits per heavy atom. The highest BCUT2D eigenvalue weighted by molar-refractivity contribution is 5.60. The minimum Gasteiger partial charge on any atom is -0.508 e. The molecule has 0 radical (unpaired) electrons. The molecule has 3 rings (SSSR count). The van der Waals surface area contributed by atoms with Crippen molar-refractivity contribution in [3.63, 3.8) is 0 Å². The first kappa shape index (κ1) is 17.4. The summed E-state index contributed by atoms with van der Waals surface area (Å²) in [5.41, 5.74) is 3.56. The Kier molecular flexibility index (Phi) is 5.04. The maximum absolute atomic E-state index is 9.51. The van der Waals surface area contributed by atoms with Gasteiger partial charge in [0.05, 0.1) is 21.3 Å². The molecule has 0 saturated carbocycles. The number of phenols is 1. The van der Waals surface area contributed by atoms with Crippen molar-refractivity contribution >= 4 is 0 Å². The molecule has 0 bridgehead atoms. The number of methoxy groups -OCH3 is 3. The van der Waals surface area contributed by atoms with E-state index in [9.17, 15) is 5.11 Å². The minimum absolute atomic E-state index is 0.210. The summed E-state index contributed by atoms with van der Waals surface area (Å²) in [4.78, 5) is 2.35. The second-order valence-electron chi connectivity index (χ2n) is 6.33. The van der Waals surface area contributed by atoms with Crippen molar-refractivity contribution in [2.45, 2.75) is 18.9 Å². The van der Waals surface area contributed by atoms with Gasteiger partial charge >= 0.3 is 0 Å². The van der Waals surface area contributed by atoms with Crippen LogP contribution in [-0.2, 0) is 12.8 Å². The average molecular weight is 343 g/mol. The highest BCUT2D eigenvalue weighted by Crippen LogP contribution is 2.46. The molecule has 5 nitrogen and oxygen atoms in total. The van der Waals surface area contributed by atoms with E-state index < -0.39 is 0 Å². The molecule has 25 heavy (non-hydrogen) atoms. The van der Waals surface area contributed by atoms with Crippen molar-refractivity contribution in [3.8, 4) is 23.0 Å². The van der Waals surface area contributed by atoms with Crippen LogP contribution in [0.5, 0.6) is 23.0 Å². The van der Waals surface area contributed by atoms with E-state index in [0.717, 1.165) is 25.1 Å². The van der Waals surface area contributed by atoms with Crippen LogP contribution in [0.2, 0.25) is 0 Å². The standard InChI is InChI=1S/C20H25NO4/c1-21-10-9-15-16(12-18(23-2)20(25-4)19(15)24-3)17(21)11-13-5-7-14(22)8-6-13/h5-8,12,17,22H,9-11H2,1-4H3. The van der Waals surface area contributed by atoms with Crippen LogP contribution in [0.15, 0.2) is 30.3 Å². The normalized spacial score (nSPS) is 17.0. The Labute approximate surface area is 148 Å². The van der Waals surface area contributed by atoms with Gasteiger partial charge in [0.1, 0.15) is 5.75 Å². The van der Waals surface area contributed by atoms with Crippen LogP contribution in [0, 0.1) is 0 Å². The lowest BCUT2D eigenvalue weighted by Gasteiger charge is -2.36. The van der Waals surface area contributed by atoms with Gasteiger partial charge in [-0.1, -0.05) is 12.1 Å².